The Hall–Kier alpha value is -1.14. The quantitative estimate of drug-likeness (QED) is 0.691. The first-order valence-corrected chi connectivity index (χ1v) is 5.89. The van der Waals surface area contributed by atoms with Crippen molar-refractivity contribution in [3.63, 3.8) is 0 Å². The molecule has 2 rings (SSSR count). The van der Waals surface area contributed by atoms with Crippen LogP contribution >= 0.6 is 0 Å². The Balaban J connectivity index is 1.84. The van der Waals surface area contributed by atoms with E-state index in [4.69, 9.17) is 9.84 Å². The van der Waals surface area contributed by atoms with Crippen LogP contribution < -0.4 is 5.32 Å². The average molecular weight is 242 g/mol. The van der Waals surface area contributed by atoms with Gasteiger partial charge in [-0.25, -0.2) is 4.79 Å². The van der Waals surface area contributed by atoms with E-state index in [0.717, 1.165) is 19.5 Å². The van der Waals surface area contributed by atoms with Crippen LogP contribution in [-0.4, -0.2) is 59.8 Å². The number of carboxylic acid groups (broad SMARTS) is 1. The van der Waals surface area contributed by atoms with Crippen LogP contribution in [-0.2, 0) is 14.3 Å². The Morgan fingerprint density at radius 2 is 2.24 bits per heavy atom. The fourth-order valence-electron chi connectivity index (χ4n) is 2.22. The zero-order valence-electron chi connectivity index (χ0n) is 9.94. The molecule has 0 aliphatic carbocycles. The Kier molecular flexibility index (Phi) is 3.35. The van der Waals surface area contributed by atoms with Crippen LogP contribution in [0.5, 0.6) is 0 Å². The molecule has 1 amide bonds. The molecular weight excluding hydrogens is 224 g/mol. The Bertz CT molecular complexity index is 327. The molecule has 0 bridgehead atoms. The van der Waals surface area contributed by atoms with Crippen LogP contribution in [0.1, 0.15) is 19.8 Å². The molecule has 96 valence electrons. The van der Waals surface area contributed by atoms with Gasteiger partial charge in [-0.15, -0.1) is 0 Å². The minimum atomic E-state index is -0.924. The molecule has 2 heterocycles. The number of rotatable bonds is 4. The number of hydrogen-bond acceptors (Lipinski definition) is 4. The number of carboxylic acids is 1. The highest BCUT2D eigenvalue weighted by atomic mass is 16.5. The molecule has 0 spiro atoms. The topological polar surface area (TPSA) is 78.9 Å². The normalized spacial score (nSPS) is 26.6. The minimum absolute atomic E-state index is 0.0258. The van der Waals surface area contributed by atoms with Gasteiger partial charge in [0.2, 0.25) is 5.91 Å². The van der Waals surface area contributed by atoms with Crippen LogP contribution in [0.3, 0.4) is 0 Å². The maximum absolute atomic E-state index is 11.9. The maximum atomic E-state index is 11.9. The van der Waals surface area contributed by atoms with Crippen LogP contribution in [0.25, 0.3) is 0 Å². The van der Waals surface area contributed by atoms with E-state index in [1.807, 2.05) is 6.92 Å². The fraction of sp³-hybridized carbons (Fsp3) is 0.818. The maximum Gasteiger partial charge on any atom is 0.326 e. The van der Waals surface area contributed by atoms with Crippen molar-refractivity contribution in [2.45, 2.75) is 31.4 Å². The summed E-state index contributed by atoms with van der Waals surface area (Å²) < 4.78 is 5.52. The molecule has 0 radical (unpaired) electrons. The molecule has 2 fully saturated rings. The third-order valence-corrected chi connectivity index (χ3v) is 3.40. The molecule has 17 heavy (non-hydrogen) atoms. The SMILES string of the molecule is CC1(OCC(=O)N2CCCC2C(=O)O)CNC1. The molecule has 6 nitrogen and oxygen atoms in total. The van der Waals surface area contributed by atoms with E-state index in [0.29, 0.717) is 13.0 Å². The third-order valence-electron chi connectivity index (χ3n) is 3.40. The predicted molar refractivity (Wildman–Crippen MR) is 59.6 cm³/mol. The van der Waals surface area contributed by atoms with E-state index >= 15 is 0 Å². The lowest BCUT2D eigenvalue weighted by atomic mass is 10.0. The lowest BCUT2D eigenvalue weighted by molar-refractivity contribution is -0.154. The van der Waals surface area contributed by atoms with Gasteiger partial charge < -0.3 is 20.1 Å². The summed E-state index contributed by atoms with van der Waals surface area (Å²) in [7, 11) is 0. The van der Waals surface area contributed by atoms with Crippen molar-refractivity contribution in [1.29, 1.82) is 0 Å². The zero-order chi connectivity index (χ0) is 12.5. The molecule has 0 saturated carbocycles. The molecule has 2 N–H and O–H groups in total. The van der Waals surface area contributed by atoms with Crippen LogP contribution in [0.4, 0.5) is 0 Å². The van der Waals surface area contributed by atoms with Gasteiger partial charge in [0, 0.05) is 19.6 Å². The number of nitrogens with zero attached hydrogens (tertiary/aromatic N) is 1. The number of likely N-dealkylation sites (tertiary alicyclic amines) is 1. The van der Waals surface area contributed by atoms with Crippen molar-refractivity contribution in [2.24, 2.45) is 0 Å². The lowest BCUT2D eigenvalue weighted by Gasteiger charge is -2.39. The Morgan fingerprint density at radius 1 is 1.53 bits per heavy atom. The van der Waals surface area contributed by atoms with Gasteiger partial charge in [0.05, 0.1) is 5.60 Å². The van der Waals surface area contributed by atoms with E-state index in [1.54, 1.807) is 0 Å². The summed E-state index contributed by atoms with van der Waals surface area (Å²) in [5, 5.41) is 12.1. The van der Waals surface area contributed by atoms with E-state index < -0.39 is 12.0 Å². The highest BCUT2D eigenvalue weighted by Gasteiger charge is 2.37. The molecule has 0 aromatic rings. The average Bonchev–Trinajstić information content (AvgIpc) is 2.72. The summed E-state index contributed by atoms with van der Waals surface area (Å²) >= 11 is 0. The molecule has 0 aromatic carbocycles. The number of aliphatic carboxylic acids is 1. The second-order valence-corrected chi connectivity index (χ2v) is 4.93. The summed E-state index contributed by atoms with van der Waals surface area (Å²) in [6.45, 7) is 3.91. The molecule has 0 aromatic heterocycles. The molecular formula is C11H18N2O4. The molecule has 2 aliphatic rings. The van der Waals surface area contributed by atoms with Gasteiger partial charge in [-0.1, -0.05) is 0 Å². The second kappa shape index (κ2) is 4.62. The summed E-state index contributed by atoms with van der Waals surface area (Å²) in [6.07, 6.45) is 1.29. The largest absolute Gasteiger partial charge is 0.480 e. The molecule has 2 aliphatic heterocycles. The van der Waals surface area contributed by atoms with Gasteiger partial charge in [-0.2, -0.15) is 0 Å². The molecule has 2 saturated heterocycles. The summed E-state index contributed by atoms with van der Waals surface area (Å²) in [6, 6.07) is -0.668. The first-order chi connectivity index (χ1) is 8.02. The highest BCUT2D eigenvalue weighted by Crippen LogP contribution is 2.19. The standard InChI is InChI=1S/C11H18N2O4/c1-11(6-12-7-11)17-5-9(14)13-4-2-3-8(13)10(15)16/h8,12H,2-7H2,1H3,(H,15,16). The van der Waals surface area contributed by atoms with Crippen LogP contribution in [0, 0.1) is 0 Å². The third kappa shape index (κ3) is 2.58. The van der Waals surface area contributed by atoms with E-state index in [2.05, 4.69) is 5.32 Å². The van der Waals surface area contributed by atoms with Gasteiger partial charge in [0.1, 0.15) is 12.6 Å². The van der Waals surface area contributed by atoms with Crippen LogP contribution in [0.15, 0.2) is 0 Å². The monoisotopic (exact) mass is 242 g/mol. The van der Waals surface area contributed by atoms with E-state index in [-0.39, 0.29) is 18.1 Å². The summed E-state index contributed by atoms with van der Waals surface area (Å²) in [5.41, 5.74) is -0.270. The van der Waals surface area contributed by atoms with Crippen LogP contribution in [0.2, 0.25) is 0 Å². The summed E-state index contributed by atoms with van der Waals surface area (Å²) in [4.78, 5) is 24.2. The number of carbonyl (C=O) groups is 2. The van der Waals surface area contributed by atoms with Crippen molar-refractivity contribution in [3.8, 4) is 0 Å². The van der Waals surface area contributed by atoms with E-state index in [1.165, 1.54) is 4.90 Å². The smallest absolute Gasteiger partial charge is 0.326 e. The lowest BCUT2D eigenvalue weighted by Crippen LogP contribution is -2.60. The Morgan fingerprint density at radius 3 is 2.76 bits per heavy atom. The molecule has 6 heteroatoms. The highest BCUT2D eigenvalue weighted by molar-refractivity contribution is 5.85. The number of nitrogens with one attached hydrogen (secondary N) is 1. The first kappa shape index (κ1) is 12.3. The predicted octanol–water partition coefficient (Wildman–Crippen LogP) is -0.559. The van der Waals surface area contributed by atoms with Gasteiger partial charge in [0.25, 0.3) is 0 Å². The number of carbonyl (C=O) groups excluding carboxylic acids is 1. The summed E-state index contributed by atoms with van der Waals surface area (Å²) in [5.74, 6) is -1.14. The van der Waals surface area contributed by atoms with Gasteiger partial charge >= 0.3 is 5.97 Å². The van der Waals surface area contributed by atoms with Crippen molar-refractivity contribution in [2.75, 3.05) is 26.2 Å². The van der Waals surface area contributed by atoms with E-state index in [9.17, 15) is 9.59 Å². The van der Waals surface area contributed by atoms with Crippen molar-refractivity contribution in [3.05, 3.63) is 0 Å². The number of hydrogen-bond donors (Lipinski definition) is 2. The number of ether oxygens (including phenoxy) is 1. The van der Waals surface area contributed by atoms with Gasteiger partial charge in [0.15, 0.2) is 0 Å². The van der Waals surface area contributed by atoms with Crippen molar-refractivity contribution >= 4 is 11.9 Å². The van der Waals surface area contributed by atoms with Gasteiger partial charge in [-0.05, 0) is 19.8 Å². The van der Waals surface area contributed by atoms with Crippen molar-refractivity contribution in [1.82, 2.24) is 10.2 Å². The first-order valence-electron chi connectivity index (χ1n) is 5.89. The van der Waals surface area contributed by atoms with Crippen molar-refractivity contribution < 1.29 is 19.4 Å². The fourth-order valence-corrected chi connectivity index (χ4v) is 2.22. The molecule has 1 atom stereocenters. The zero-order valence-corrected chi connectivity index (χ0v) is 9.94. The number of amides is 1. The Labute approximate surface area is 99.9 Å². The van der Waals surface area contributed by atoms with Gasteiger partial charge in [-0.3, -0.25) is 4.79 Å². The molecule has 1 unspecified atom stereocenters. The second-order valence-electron chi connectivity index (χ2n) is 4.93. The minimum Gasteiger partial charge on any atom is -0.480 e.